The standard InChI is InChI=1S/C28H32N4O6S/c1-6-37-27(34)24-17(2)29-28-32(25(24)20-9-7-18(35-4)15-21(20)36-5)26(33)22(39-28)16-19-8-10-23(38-19)31-13-11-30(3)12-14-31/h7-10,15-16,25H,6,11-14H2,1-5H3/b22-16+. The molecule has 0 saturated carbocycles. The Labute approximate surface area is 230 Å². The van der Waals surface area contributed by atoms with Gasteiger partial charge in [0, 0.05) is 50.0 Å². The summed E-state index contributed by atoms with van der Waals surface area (Å²) in [5, 5.41) is 0. The largest absolute Gasteiger partial charge is 0.497 e. The first-order chi connectivity index (χ1) is 18.8. The highest BCUT2D eigenvalue weighted by atomic mass is 32.1. The van der Waals surface area contributed by atoms with E-state index in [1.807, 2.05) is 12.1 Å². The van der Waals surface area contributed by atoms with Gasteiger partial charge in [0.1, 0.15) is 23.3 Å². The molecule has 0 N–H and O–H groups in total. The second kappa shape index (κ2) is 11.1. The Morgan fingerprint density at radius 3 is 2.62 bits per heavy atom. The number of fused-ring (bicyclic) bond motifs is 1. The van der Waals surface area contributed by atoms with Gasteiger partial charge in [-0.3, -0.25) is 9.36 Å². The maximum Gasteiger partial charge on any atom is 0.338 e. The van der Waals surface area contributed by atoms with E-state index in [1.165, 1.54) is 23.0 Å². The van der Waals surface area contributed by atoms with Gasteiger partial charge in [-0.15, -0.1) is 0 Å². The number of carbonyl (C=O) groups is 1. The lowest BCUT2D eigenvalue weighted by Crippen LogP contribution is -2.44. The van der Waals surface area contributed by atoms with E-state index in [1.54, 1.807) is 45.2 Å². The van der Waals surface area contributed by atoms with E-state index in [9.17, 15) is 9.59 Å². The molecule has 39 heavy (non-hydrogen) atoms. The van der Waals surface area contributed by atoms with Crippen molar-refractivity contribution in [2.45, 2.75) is 19.9 Å². The zero-order valence-electron chi connectivity index (χ0n) is 22.7. The van der Waals surface area contributed by atoms with Gasteiger partial charge in [0.2, 0.25) is 0 Å². The molecule has 10 nitrogen and oxygen atoms in total. The molecule has 2 aromatic heterocycles. The minimum atomic E-state index is -0.791. The number of hydrogen-bond donors (Lipinski definition) is 0. The van der Waals surface area contributed by atoms with E-state index in [4.69, 9.17) is 18.6 Å². The third-order valence-corrected chi connectivity index (χ3v) is 7.94. The summed E-state index contributed by atoms with van der Waals surface area (Å²) in [5.74, 6) is 1.90. The van der Waals surface area contributed by atoms with Crippen molar-refractivity contribution in [1.29, 1.82) is 0 Å². The van der Waals surface area contributed by atoms with Crippen LogP contribution in [-0.2, 0) is 9.53 Å². The van der Waals surface area contributed by atoms with Crippen molar-refractivity contribution in [3.63, 3.8) is 0 Å². The summed E-state index contributed by atoms with van der Waals surface area (Å²) >= 11 is 1.25. The normalized spacial score (nSPS) is 18.1. The van der Waals surface area contributed by atoms with Gasteiger partial charge in [-0.25, -0.2) is 9.79 Å². The highest BCUT2D eigenvalue weighted by molar-refractivity contribution is 7.07. The van der Waals surface area contributed by atoms with Gasteiger partial charge in [-0.2, -0.15) is 0 Å². The molecule has 0 spiro atoms. The summed E-state index contributed by atoms with van der Waals surface area (Å²) in [4.78, 5) is 36.6. The zero-order chi connectivity index (χ0) is 27.7. The quantitative estimate of drug-likeness (QED) is 0.412. The number of likely N-dealkylation sites (N-methyl/N-ethyl adjacent to an activating group) is 1. The van der Waals surface area contributed by atoms with Crippen molar-refractivity contribution >= 4 is 29.3 Å². The number of benzene rings is 1. The highest BCUT2D eigenvalue weighted by Crippen LogP contribution is 2.37. The minimum absolute atomic E-state index is 0.195. The molecule has 5 rings (SSSR count). The number of esters is 1. The number of allylic oxidation sites excluding steroid dienone is 1. The summed E-state index contributed by atoms with van der Waals surface area (Å²) in [6, 6.07) is 8.31. The lowest BCUT2D eigenvalue weighted by atomic mass is 9.95. The molecule has 0 aliphatic carbocycles. The first-order valence-corrected chi connectivity index (χ1v) is 13.6. The first kappa shape index (κ1) is 26.8. The van der Waals surface area contributed by atoms with Gasteiger partial charge < -0.3 is 28.4 Å². The topological polar surface area (TPSA) is 98.7 Å². The van der Waals surface area contributed by atoms with E-state index in [2.05, 4.69) is 21.8 Å². The van der Waals surface area contributed by atoms with Crippen molar-refractivity contribution in [3.8, 4) is 11.5 Å². The fourth-order valence-electron chi connectivity index (χ4n) is 4.88. The fourth-order valence-corrected chi connectivity index (χ4v) is 5.90. The third-order valence-electron chi connectivity index (χ3n) is 6.95. The van der Waals surface area contributed by atoms with Gasteiger partial charge in [-0.1, -0.05) is 11.3 Å². The summed E-state index contributed by atoms with van der Waals surface area (Å²) in [6.45, 7) is 7.38. The SMILES string of the molecule is CCOC(=O)C1=C(C)N=c2s/c(=C/c3ccc(N4CCN(C)CC4)o3)c(=O)n2C1c1ccc(OC)cc1OC. The summed E-state index contributed by atoms with van der Waals surface area (Å²) in [6.07, 6.45) is 1.73. The van der Waals surface area contributed by atoms with Crippen molar-refractivity contribution in [2.75, 3.05) is 59.0 Å². The molecule has 2 aliphatic heterocycles. The van der Waals surface area contributed by atoms with Crippen LogP contribution in [0.15, 0.2) is 55.8 Å². The second-order valence-corrected chi connectivity index (χ2v) is 10.4. The molecular formula is C28H32N4O6S. The Kier molecular flexibility index (Phi) is 7.62. The number of piperazine rings is 1. The number of furan rings is 1. The summed E-state index contributed by atoms with van der Waals surface area (Å²) < 4.78 is 24.5. The van der Waals surface area contributed by atoms with Crippen LogP contribution in [0.3, 0.4) is 0 Å². The van der Waals surface area contributed by atoms with E-state index in [0.29, 0.717) is 37.9 Å². The summed E-state index contributed by atoms with van der Waals surface area (Å²) in [5.41, 5.74) is 1.11. The molecule has 3 aromatic rings. The Hall–Kier alpha value is -3.83. The highest BCUT2D eigenvalue weighted by Gasteiger charge is 2.35. The van der Waals surface area contributed by atoms with Crippen LogP contribution in [0.5, 0.6) is 11.5 Å². The number of carbonyl (C=O) groups excluding carboxylic acids is 1. The number of hydrogen-bond acceptors (Lipinski definition) is 10. The molecule has 11 heteroatoms. The maximum absolute atomic E-state index is 13.9. The number of anilines is 1. The smallest absolute Gasteiger partial charge is 0.338 e. The van der Waals surface area contributed by atoms with Crippen LogP contribution in [0.1, 0.15) is 31.2 Å². The van der Waals surface area contributed by atoms with Crippen molar-refractivity contribution < 1.29 is 23.4 Å². The van der Waals surface area contributed by atoms with Crippen LogP contribution in [-0.4, -0.2) is 69.5 Å². The Bertz CT molecular complexity index is 1590. The van der Waals surface area contributed by atoms with Crippen molar-refractivity contribution in [2.24, 2.45) is 4.99 Å². The Morgan fingerprint density at radius 1 is 1.15 bits per heavy atom. The zero-order valence-corrected chi connectivity index (χ0v) is 23.5. The molecule has 1 aromatic carbocycles. The lowest BCUT2D eigenvalue weighted by molar-refractivity contribution is -0.139. The molecule has 0 radical (unpaired) electrons. The molecule has 206 valence electrons. The van der Waals surface area contributed by atoms with Crippen LogP contribution >= 0.6 is 11.3 Å². The fraction of sp³-hybridized carbons (Fsp3) is 0.393. The van der Waals surface area contributed by atoms with Crippen molar-refractivity contribution in [3.05, 3.63) is 72.6 Å². The molecule has 0 bridgehead atoms. The van der Waals surface area contributed by atoms with Gasteiger partial charge in [-0.05, 0) is 39.1 Å². The van der Waals surface area contributed by atoms with Crippen molar-refractivity contribution in [1.82, 2.24) is 9.47 Å². The van der Waals surface area contributed by atoms with Crippen LogP contribution in [0.25, 0.3) is 6.08 Å². The lowest BCUT2D eigenvalue weighted by Gasteiger charge is -2.32. The van der Waals surface area contributed by atoms with Crippen LogP contribution in [0, 0.1) is 0 Å². The van der Waals surface area contributed by atoms with Crippen LogP contribution in [0.4, 0.5) is 5.88 Å². The predicted molar refractivity (Wildman–Crippen MR) is 148 cm³/mol. The Balaban J connectivity index is 1.62. The molecule has 4 heterocycles. The number of rotatable bonds is 7. The van der Waals surface area contributed by atoms with Gasteiger partial charge in [0.15, 0.2) is 10.7 Å². The van der Waals surface area contributed by atoms with Crippen LogP contribution in [0.2, 0.25) is 0 Å². The van der Waals surface area contributed by atoms with E-state index in [-0.39, 0.29) is 17.7 Å². The average Bonchev–Trinajstić information content (AvgIpc) is 3.52. The number of nitrogens with zero attached hydrogens (tertiary/aromatic N) is 4. The van der Waals surface area contributed by atoms with E-state index >= 15 is 0 Å². The third kappa shape index (κ3) is 5.11. The predicted octanol–water partition coefficient (Wildman–Crippen LogP) is 2.16. The van der Waals surface area contributed by atoms with E-state index < -0.39 is 12.0 Å². The molecule has 1 unspecified atom stereocenters. The molecule has 1 saturated heterocycles. The maximum atomic E-state index is 13.9. The number of aromatic nitrogens is 1. The molecule has 0 amide bonds. The Morgan fingerprint density at radius 2 is 1.92 bits per heavy atom. The monoisotopic (exact) mass is 552 g/mol. The molecular weight excluding hydrogens is 520 g/mol. The second-order valence-electron chi connectivity index (χ2n) is 9.38. The molecule has 1 fully saturated rings. The average molecular weight is 553 g/mol. The van der Waals surface area contributed by atoms with Gasteiger partial charge >= 0.3 is 5.97 Å². The van der Waals surface area contributed by atoms with Crippen LogP contribution < -0.4 is 29.3 Å². The first-order valence-electron chi connectivity index (χ1n) is 12.8. The van der Waals surface area contributed by atoms with E-state index in [0.717, 1.165) is 32.1 Å². The van der Waals surface area contributed by atoms with Gasteiger partial charge in [0.05, 0.1) is 36.6 Å². The number of thiazole rings is 1. The summed E-state index contributed by atoms with van der Waals surface area (Å²) in [7, 11) is 5.21. The number of ether oxygens (including phenoxy) is 3. The minimum Gasteiger partial charge on any atom is -0.497 e. The van der Waals surface area contributed by atoms with Gasteiger partial charge in [0.25, 0.3) is 5.56 Å². The molecule has 2 aliphatic rings. The number of methoxy groups -OCH3 is 2. The molecule has 1 atom stereocenters.